The summed E-state index contributed by atoms with van der Waals surface area (Å²) in [6, 6.07) is 13.7. The van der Waals surface area contributed by atoms with E-state index in [0.717, 1.165) is 30.0 Å². The van der Waals surface area contributed by atoms with Gasteiger partial charge in [-0.25, -0.2) is 4.98 Å². The van der Waals surface area contributed by atoms with Crippen molar-refractivity contribution in [1.82, 2.24) is 15.5 Å². The van der Waals surface area contributed by atoms with Crippen LogP contribution < -0.4 is 10.2 Å². The predicted molar refractivity (Wildman–Crippen MR) is 113 cm³/mol. The number of hydrogen-bond acceptors (Lipinski definition) is 5. The van der Waals surface area contributed by atoms with Gasteiger partial charge in [0, 0.05) is 37.5 Å². The van der Waals surface area contributed by atoms with Gasteiger partial charge in [0.25, 0.3) is 5.91 Å². The Balaban J connectivity index is 1.34. The number of nitrogens with zero attached hydrogens (tertiary/aromatic N) is 3. The molecule has 0 radical (unpaired) electrons. The first-order valence-corrected chi connectivity index (χ1v) is 10.2. The van der Waals surface area contributed by atoms with E-state index in [1.54, 1.807) is 6.07 Å². The van der Waals surface area contributed by atoms with E-state index in [-0.39, 0.29) is 11.7 Å². The van der Waals surface area contributed by atoms with Crippen LogP contribution in [0.3, 0.4) is 0 Å². The lowest BCUT2D eigenvalue weighted by Gasteiger charge is -2.21. The van der Waals surface area contributed by atoms with Crippen molar-refractivity contribution in [1.29, 1.82) is 0 Å². The summed E-state index contributed by atoms with van der Waals surface area (Å²) in [4.78, 5) is 19.3. The lowest BCUT2D eigenvalue weighted by molar-refractivity contribution is 0.0914. The third-order valence-corrected chi connectivity index (χ3v) is 5.27. The van der Waals surface area contributed by atoms with Crippen molar-refractivity contribution in [2.24, 2.45) is 0 Å². The van der Waals surface area contributed by atoms with Gasteiger partial charge in [0.1, 0.15) is 11.5 Å². The number of carbonyl (C=O) groups excluding carboxylic acids is 1. The first kappa shape index (κ1) is 19.2. The summed E-state index contributed by atoms with van der Waals surface area (Å²) in [5.74, 6) is 0.933. The zero-order chi connectivity index (χ0) is 20.1. The summed E-state index contributed by atoms with van der Waals surface area (Å²) in [5, 5.41) is 6.88. The summed E-state index contributed by atoms with van der Waals surface area (Å²) in [7, 11) is 0. The molecule has 1 aromatic carbocycles. The molecule has 0 aliphatic carbocycles. The molecule has 0 bridgehead atoms. The number of aromatic nitrogens is 2. The van der Waals surface area contributed by atoms with Crippen molar-refractivity contribution in [3.63, 3.8) is 0 Å². The second-order valence-corrected chi connectivity index (χ2v) is 7.55. The first-order chi connectivity index (χ1) is 14.2. The monoisotopic (exact) mass is 390 g/mol. The molecule has 0 saturated carbocycles. The van der Waals surface area contributed by atoms with E-state index in [1.807, 2.05) is 49.5 Å². The smallest absolute Gasteiger partial charge is 0.290 e. The van der Waals surface area contributed by atoms with Crippen LogP contribution >= 0.6 is 0 Å². The molecule has 0 spiro atoms. The Bertz CT molecular complexity index is 940. The molecule has 1 fully saturated rings. The minimum Gasteiger partial charge on any atom is -0.357 e. The molecule has 1 saturated heterocycles. The highest BCUT2D eigenvalue weighted by Crippen LogP contribution is 2.20. The van der Waals surface area contributed by atoms with Gasteiger partial charge in [0.15, 0.2) is 0 Å². The third kappa shape index (κ3) is 4.83. The van der Waals surface area contributed by atoms with Crippen LogP contribution in [0.5, 0.6) is 0 Å². The average Bonchev–Trinajstić information content (AvgIpc) is 3.08. The van der Waals surface area contributed by atoms with E-state index < -0.39 is 0 Å². The first-order valence-electron chi connectivity index (χ1n) is 10.2. The van der Waals surface area contributed by atoms with Crippen molar-refractivity contribution in [2.45, 2.75) is 39.2 Å². The molecular weight excluding hydrogens is 364 g/mol. The van der Waals surface area contributed by atoms with Gasteiger partial charge in [-0.3, -0.25) is 4.79 Å². The average molecular weight is 390 g/mol. The van der Waals surface area contributed by atoms with E-state index in [9.17, 15) is 4.79 Å². The molecule has 3 aromatic rings. The molecule has 6 nitrogen and oxygen atoms in total. The number of hydrogen-bond donors (Lipinski definition) is 1. The van der Waals surface area contributed by atoms with Gasteiger partial charge in [0.05, 0.1) is 0 Å². The van der Waals surface area contributed by atoms with Crippen molar-refractivity contribution in [3.05, 3.63) is 65.5 Å². The van der Waals surface area contributed by atoms with Crippen molar-refractivity contribution in [2.75, 3.05) is 18.0 Å². The Hall–Kier alpha value is -3.15. The van der Waals surface area contributed by atoms with E-state index >= 15 is 0 Å². The fourth-order valence-electron chi connectivity index (χ4n) is 3.52. The van der Waals surface area contributed by atoms with E-state index in [1.165, 1.54) is 31.2 Å². The minimum absolute atomic E-state index is 0.203. The highest BCUT2D eigenvalue weighted by atomic mass is 16.5. The molecule has 4 rings (SSSR count). The molecule has 0 atom stereocenters. The Labute approximate surface area is 170 Å². The van der Waals surface area contributed by atoms with Crippen LogP contribution in [0, 0.1) is 6.92 Å². The normalized spacial score (nSPS) is 14.4. The maximum atomic E-state index is 12.4. The summed E-state index contributed by atoms with van der Waals surface area (Å²) < 4.78 is 5.23. The molecule has 1 amide bonds. The van der Waals surface area contributed by atoms with E-state index in [0.29, 0.717) is 12.2 Å². The SMILES string of the molecule is Cc1ccc(-c2cc(C(=O)NCc3ccc(N4CCCCCC4)nc3)on2)cc1. The summed E-state index contributed by atoms with van der Waals surface area (Å²) in [6.45, 7) is 4.56. The molecular formula is C23H26N4O2. The molecule has 1 aliphatic heterocycles. The third-order valence-electron chi connectivity index (χ3n) is 5.27. The number of carbonyl (C=O) groups is 1. The van der Waals surface area contributed by atoms with Crippen molar-refractivity contribution >= 4 is 11.7 Å². The largest absolute Gasteiger partial charge is 0.357 e. The number of amides is 1. The lowest BCUT2D eigenvalue weighted by Crippen LogP contribution is -2.25. The second kappa shape index (κ2) is 8.90. The van der Waals surface area contributed by atoms with Gasteiger partial charge < -0.3 is 14.7 Å². The van der Waals surface area contributed by atoms with Crippen molar-refractivity contribution < 1.29 is 9.32 Å². The summed E-state index contributed by atoms with van der Waals surface area (Å²) >= 11 is 0. The fourth-order valence-corrected chi connectivity index (χ4v) is 3.52. The second-order valence-electron chi connectivity index (χ2n) is 7.55. The van der Waals surface area contributed by atoms with Crippen LogP contribution in [0.4, 0.5) is 5.82 Å². The lowest BCUT2D eigenvalue weighted by atomic mass is 10.1. The van der Waals surface area contributed by atoms with Gasteiger partial charge in [-0.15, -0.1) is 0 Å². The summed E-state index contributed by atoms with van der Waals surface area (Å²) in [6.07, 6.45) is 6.88. The number of rotatable bonds is 5. The quantitative estimate of drug-likeness (QED) is 0.701. The van der Waals surface area contributed by atoms with Crippen LogP contribution in [-0.4, -0.2) is 29.1 Å². The Morgan fingerprint density at radius 1 is 1.07 bits per heavy atom. The number of pyridine rings is 1. The zero-order valence-corrected chi connectivity index (χ0v) is 16.7. The zero-order valence-electron chi connectivity index (χ0n) is 16.7. The molecule has 1 N–H and O–H groups in total. The maximum Gasteiger partial charge on any atom is 0.290 e. The highest BCUT2D eigenvalue weighted by molar-refractivity contribution is 5.92. The number of nitrogens with one attached hydrogen (secondary N) is 1. The van der Waals surface area contributed by atoms with Crippen LogP contribution in [0.15, 0.2) is 53.2 Å². The van der Waals surface area contributed by atoms with Crippen molar-refractivity contribution in [3.8, 4) is 11.3 Å². The molecule has 2 aromatic heterocycles. The van der Waals surface area contributed by atoms with Crippen LogP contribution in [0.25, 0.3) is 11.3 Å². The summed E-state index contributed by atoms with van der Waals surface area (Å²) in [5.41, 5.74) is 3.70. The topological polar surface area (TPSA) is 71.3 Å². The van der Waals surface area contributed by atoms with Gasteiger partial charge in [-0.05, 0) is 31.4 Å². The fraction of sp³-hybridized carbons (Fsp3) is 0.348. The van der Waals surface area contributed by atoms with Gasteiger partial charge in [0.2, 0.25) is 5.76 Å². The van der Waals surface area contributed by atoms with Gasteiger partial charge in [-0.2, -0.15) is 0 Å². The molecule has 3 heterocycles. The van der Waals surface area contributed by atoms with Gasteiger partial charge >= 0.3 is 0 Å². The van der Waals surface area contributed by atoms with E-state index in [2.05, 4.69) is 20.4 Å². The Morgan fingerprint density at radius 3 is 2.52 bits per heavy atom. The van der Waals surface area contributed by atoms with Crippen LogP contribution in [-0.2, 0) is 6.54 Å². The molecule has 29 heavy (non-hydrogen) atoms. The Kier molecular flexibility index (Phi) is 5.89. The highest BCUT2D eigenvalue weighted by Gasteiger charge is 2.14. The number of anilines is 1. The minimum atomic E-state index is -0.285. The van der Waals surface area contributed by atoms with Gasteiger partial charge in [-0.1, -0.05) is 53.9 Å². The van der Waals surface area contributed by atoms with Crippen LogP contribution in [0.2, 0.25) is 0 Å². The molecule has 1 aliphatic rings. The predicted octanol–water partition coefficient (Wildman–Crippen LogP) is 4.36. The van der Waals surface area contributed by atoms with Crippen LogP contribution in [0.1, 0.15) is 47.4 Å². The standard InChI is InChI=1S/C23H26N4O2/c1-17-6-9-19(10-7-17)20-14-21(29-26-20)23(28)25-16-18-8-11-22(24-15-18)27-12-4-2-3-5-13-27/h6-11,14-15H,2-5,12-13,16H2,1H3,(H,25,28). The molecule has 150 valence electrons. The maximum absolute atomic E-state index is 12.4. The Morgan fingerprint density at radius 2 is 1.83 bits per heavy atom. The molecule has 6 heteroatoms. The number of benzene rings is 1. The number of aryl methyl sites for hydroxylation is 1. The van der Waals surface area contributed by atoms with E-state index in [4.69, 9.17) is 4.52 Å². The molecule has 0 unspecified atom stereocenters.